The first-order valence-electron chi connectivity index (χ1n) is 5.88. The topological polar surface area (TPSA) is 95.9 Å². The van der Waals surface area contributed by atoms with E-state index in [9.17, 15) is 14.7 Å². The smallest absolute Gasteiger partial charge is 0.337 e. The van der Waals surface area contributed by atoms with Gasteiger partial charge in [0.1, 0.15) is 5.75 Å². The third kappa shape index (κ3) is 4.71. The number of nitrogens with one attached hydrogen (secondary N) is 1. The maximum Gasteiger partial charge on any atom is 0.337 e. The quantitative estimate of drug-likeness (QED) is 0.730. The molecule has 1 amide bonds. The van der Waals surface area contributed by atoms with Gasteiger partial charge in [-0.2, -0.15) is 0 Å². The van der Waals surface area contributed by atoms with Gasteiger partial charge in [0.15, 0.2) is 11.7 Å². The van der Waals surface area contributed by atoms with E-state index in [2.05, 4.69) is 5.32 Å². The summed E-state index contributed by atoms with van der Waals surface area (Å²) < 4.78 is 5.36. The fourth-order valence-corrected chi connectivity index (χ4v) is 1.38. The van der Waals surface area contributed by atoms with Crippen molar-refractivity contribution in [1.82, 2.24) is 5.32 Å². The fraction of sp³-hybridized carbons (Fsp3) is 0.385. The monoisotopic (exact) mass is 301 g/mol. The highest BCUT2D eigenvalue weighted by Gasteiger charge is 2.31. The van der Waals surface area contributed by atoms with Gasteiger partial charge in [0.2, 0.25) is 0 Å². The maximum absolute atomic E-state index is 11.7. The van der Waals surface area contributed by atoms with Crippen LogP contribution in [0, 0.1) is 0 Å². The normalized spacial score (nSPS) is 15.0. The second-order valence-electron chi connectivity index (χ2n) is 4.51. The van der Waals surface area contributed by atoms with Crippen LogP contribution in [0.2, 0.25) is 5.02 Å². The number of halogens is 1. The highest BCUT2D eigenvalue weighted by atomic mass is 35.5. The summed E-state index contributed by atoms with van der Waals surface area (Å²) in [6, 6.07) is 6.46. The highest BCUT2D eigenvalue weighted by Crippen LogP contribution is 2.16. The summed E-state index contributed by atoms with van der Waals surface area (Å²) in [6.07, 6.45) is -0.833. The van der Waals surface area contributed by atoms with Crippen molar-refractivity contribution in [3.05, 3.63) is 29.3 Å². The van der Waals surface area contributed by atoms with E-state index in [0.29, 0.717) is 10.8 Å². The molecule has 0 bridgehead atoms. The number of carbonyl (C=O) groups excluding carboxylic acids is 1. The third-order valence-corrected chi connectivity index (χ3v) is 2.82. The van der Waals surface area contributed by atoms with E-state index < -0.39 is 30.1 Å². The number of carboxylic acid groups (broad SMARTS) is 1. The average molecular weight is 302 g/mol. The van der Waals surface area contributed by atoms with E-state index in [4.69, 9.17) is 21.4 Å². The Morgan fingerprint density at radius 3 is 2.45 bits per heavy atom. The van der Waals surface area contributed by atoms with Gasteiger partial charge in [0, 0.05) is 5.02 Å². The Kier molecular flexibility index (Phi) is 5.35. The number of benzene rings is 1. The molecule has 0 aromatic heterocycles. The number of aliphatic hydroxyl groups is 1. The van der Waals surface area contributed by atoms with Crippen LogP contribution in [0.3, 0.4) is 0 Å². The zero-order valence-electron chi connectivity index (χ0n) is 11.1. The van der Waals surface area contributed by atoms with E-state index in [1.807, 2.05) is 0 Å². The Morgan fingerprint density at radius 1 is 1.40 bits per heavy atom. The van der Waals surface area contributed by atoms with E-state index in [1.54, 1.807) is 24.3 Å². The zero-order chi connectivity index (χ0) is 15.3. The molecule has 7 heteroatoms. The van der Waals surface area contributed by atoms with Crippen molar-refractivity contribution >= 4 is 23.5 Å². The van der Waals surface area contributed by atoms with Gasteiger partial charge < -0.3 is 20.3 Å². The van der Waals surface area contributed by atoms with Gasteiger partial charge in [-0.1, -0.05) is 11.6 Å². The van der Waals surface area contributed by atoms with Crippen LogP contribution in [-0.4, -0.2) is 40.3 Å². The van der Waals surface area contributed by atoms with Gasteiger partial charge >= 0.3 is 5.97 Å². The largest absolute Gasteiger partial charge is 0.481 e. The molecule has 2 unspecified atom stereocenters. The lowest BCUT2D eigenvalue weighted by molar-refractivity contribution is -0.156. The number of aliphatic carboxylic acids is 1. The molecule has 0 spiro atoms. The molecule has 0 saturated heterocycles. The lowest BCUT2D eigenvalue weighted by atomic mass is 10.1. The molecular weight excluding hydrogens is 286 g/mol. The average Bonchev–Trinajstić information content (AvgIpc) is 2.38. The van der Waals surface area contributed by atoms with Crippen molar-refractivity contribution in [2.45, 2.75) is 25.6 Å². The Morgan fingerprint density at radius 2 is 1.95 bits per heavy atom. The summed E-state index contributed by atoms with van der Waals surface area (Å²) in [6.45, 7) is 2.20. The molecule has 110 valence electrons. The lowest BCUT2D eigenvalue weighted by Crippen LogP contribution is -2.49. The van der Waals surface area contributed by atoms with Crippen LogP contribution >= 0.6 is 11.6 Å². The molecule has 6 nitrogen and oxygen atoms in total. The van der Waals surface area contributed by atoms with Crippen LogP contribution in [0.1, 0.15) is 13.8 Å². The highest BCUT2D eigenvalue weighted by molar-refractivity contribution is 6.30. The first kappa shape index (κ1) is 16.3. The molecule has 0 aliphatic carbocycles. The summed E-state index contributed by atoms with van der Waals surface area (Å²) in [4.78, 5) is 22.4. The minimum absolute atomic E-state index is 0.407. The maximum atomic E-state index is 11.7. The van der Waals surface area contributed by atoms with Gasteiger partial charge in [-0.25, -0.2) is 4.79 Å². The standard InChI is InChI=1S/C13H16ClNO5/c1-8(20-10-5-3-9(14)4-6-10)11(16)15-7-13(2,19)12(17)18/h3-6,8,19H,7H2,1-2H3,(H,15,16)(H,17,18). The van der Waals surface area contributed by atoms with Crippen LogP contribution in [0.5, 0.6) is 5.75 Å². The Hall–Kier alpha value is -1.79. The number of hydrogen-bond acceptors (Lipinski definition) is 4. The molecule has 1 aromatic carbocycles. The van der Waals surface area contributed by atoms with Crippen molar-refractivity contribution < 1.29 is 24.5 Å². The number of amides is 1. The van der Waals surface area contributed by atoms with E-state index in [0.717, 1.165) is 6.92 Å². The molecule has 0 aliphatic heterocycles. The van der Waals surface area contributed by atoms with Crippen LogP contribution in [-0.2, 0) is 9.59 Å². The minimum atomic E-state index is -2.02. The lowest BCUT2D eigenvalue weighted by Gasteiger charge is -2.20. The number of ether oxygens (including phenoxy) is 1. The van der Waals surface area contributed by atoms with Gasteiger partial charge in [0.25, 0.3) is 5.91 Å². The molecule has 1 rings (SSSR count). The summed E-state index contributed by atoms with van der Waals surface area (Å²) in [5.74, 6) is -1.48. The molecular formula is C13H16ClNO5. The van der Waals surface area contributed by atoms with Crippen molar-refractivity contribution in [2.75, 3.05) is 6.54 Å². The molecule has 1 aromatic rings. The van der Waals surface area contributed by atoms with Crippen molar-refractivity contribution in [3.8, 4) is 5.75 Å². The predicted molar refractivity (Wildman–Crippen MR) is 72.8 cm³/mol. The summed E-state index contributed by atoms with van der Waals surface area (Å²) in [7, 11) is 0. The molecule has 2 atom stereocenters. The SMILES string of the molecule is CC(Oc1ccc(Cl)cc1)C(=O)NCC(C)(O)C(=O)O. The van der Waals surface area contributed by atoms with Gasteiger partial charge in [0.05, 0.1) is 6.54 Å². The van der Waals surface area contributed by atoms with Crippen LogP contribution in [0.15, 0.2) is 24.3 Å². The number of carbonyl (C=O) groups is 2. The molecule has 0 radical (unpaired) electrons. The molecule has 20 heavy (non-hydrogen) atoms. The van der Waals surface area contributed by atoms with Crippen molar-refractivity contribution in [1.29, 1.82) is 0 Å². The second-order valence-corrected chi connectivity index (χ2v) is 4.95. The number of hydrogen-bond donors (Lipinski definition) is 3. The fourth-order valence-electron chi connectivity index (χ4n) is 1.25. The van der Waals surface area contributed by atoms with Gasteiger partial charge in [-0.15, -0.1) is 0 Å². The third-order valence-electron chi connectivity index (χ3n) is 2.56. The zero-order valence-corrected chi connectivity index (χ0v) is 11.8. The first-order chi connectivity index (χ1) is 9.22. The molecule has 0 saturated carbocycles. The molecule has 0 aliphatic rings. The summed E-state index contributed by atoms with van der Waals surface area (Å²) in [5.41, 5.74) is -2.02. The first-order valence-corrected chi connectivity index (χ1v) is 6.26. The Bertz CT molecular complexity index is 486. The van der Waals surface area contributed by atoms with E-state index in [1.165, 1.54) is 6.92 Å². The number of carboxylic acids is 1. The molecule has 0 fully saturated rings. The van der Waals surface area contributed by atoms with E-state index in [-0.39, 0.29) is 0 Å². The van der Waals surface area contributed by atoms with Crippen LogP contribution in [0.4, 0.5) is 0 Å². The van der Waals surface area contributed by atoms with Gasteiger partial charge in [-0.05, 0) is 38.1 Å². The predicted octanol–water partition coefficient (Wildman–Crippen LogP) is 1.06. The second kappa shape index (κ2) is 6.58. The van der Waals surface area contributed by atoms with Crippen molar-refractivity contribution in [2.24, 2.45) is 0 Å². The Balaban J connectivity index is 2.51. The molecule has 3 N–H and O–H groups in total. The van der Waals surface area contributed by atoms with Crippen LogP contribution in [0.25, 0.3) is 0 Å². The minimum Gasteiger partial charge on any atom is -0.481 e. The summed E-state index contributed by atoms with van der Waals surface area (Å²) in [5, 5.41) is 21.0. The van der Waals surface area contributed by atoms with Crippen molar-refractivity contribution in [3.63, 3.8) is 0 Å². The molecule has 0 heterocycles. The summed E-state index contributed by atoms with van der Waals surface area (Å²) >= 11 is 5.72. The van der Waals surface area contributed by atoms with Gasteiger partial charge in [-0.3, -0.25) is 4.79 Å². The van der Waals surface area contributed by atoms with E-state index >= 15 is 0 Å². The number of rotatable bonds is 6. The Labute approximate surface area is 121 Å². The van der Waals surface area contributed by atoms with Crippen LogP contribution < -0.4 is 10.1 Å².